The van der Waals surface area contributed by atoms with Crippen molar-refractivity contribution in [1.82, 2.24) is 0 Å². The summed E-state index contributed by atoms with van der Waals surface area (Å²) in [6.07, 6.45) is 1.72. The Balaban J connectivity index is 2.80. The Morgan fingerprint density at radius 1 is 1.48 bits per heavy atom. The molecule has 1 unspecified atom stereocenters. The number of anilines is 1. The third kappa shape index (κ3) is 5.21. The molecule has 0 aliphatic heterocycles. The third-order valence-electron chi connectivity index (χ3n) is 2.70. The van der Waals surface area contributed by atoms with Gasteiger partial charge in [0.15, 0.2) is 0 Å². The third-order valence-corrected chi connectivity index (χ3v) is 2.94. The number of hydrogen-bond acceptors (Lipinski definition) is 4. The van der Waals surface area contributed by atoms with Crippen LogP contribution in [0.15, 0.2) is 30.9 Å². The molecule has 0 aliphatic carbocycles. The summed E-state index contributed by atoms with van der Waals surface area (Å²) in [5.74, 6) is -0.931. The zero-order chi connectivity index (χ0) is 15.8. The molecule has 1 aromatic rings. The van der Waals surface area contributed by atoms with Gasteiger partial charge in [-0.3, -0.25) is 4.79 Å². The molecular weight excluding hydrogens is 294 g/mol. The quantitative estimate of drug-likeness (QED) is 0.477. The highest BCUT2D eigenvalue weighted by Gasteiger charge is 2.18. The Bertz CT molecular complexity index is 530. The van der Waals surface area contributed by atoms with Crippen LogP contribution in [0.4, 0.5) is 5.69 Å². The van der Waals surface area contributed by atoms with Gasteiger partial charge in [-0.05, 0) is 31.5 Å². The monoisotopic (exact) mass is 311 g/mol. The highest BCUT2D eigenvalue weighted by atomic mass is 35.5. The van der Waals surface area contributed by atoms with E-state index in [4.69, 9.17) is 16.3 Å². The maximum absolute atomic E-state index is 12.0. The molecule has 6 heteroatoms. The minimum atomic E-state index is -0.647. The molecule has 0 radical (unpaired) electrons. The number of amides is 1. The molecular formula is C15H18ClNO4. The summed E-state index contributed by atoms with van der Waals surface area (Å²) in [6, 6.07) is 4.56. The summed E-state index contributed by atoms with van der Waals surface area (Å²) in [7, 11) is 1.26. The standard InChI is InChI=1S/C15H18ClNO4/c1-4-5-8-21-10(2)14(18)17-13-7-6-11(16)9-12(13)15(19)20-3/h4,6-7,9-10H,1,5,8H2,2-3H3,(H,17,18). The van der Waals surface area contributed by atoms with E-state index >= 15 is 0 Å². The fraction of sp³-hybridized carbons (Fsp3) is 0.333. The molecule has 0 fully saturated rings. The normalized spacial score (nSPS) is 11.6. The first kappa shape index (κ1) is 17.2. The van der Waals surface area contributed by atoms with E-state index in [2.05, 4.69) is 16.6 Å². The van der Waals surface area contributed by atoms with Crippen LogP contribution < -0.4 is 5.32 Å². The average Bonchev–Trinajstić information content (AvgIpc) is 2.48. The van der Waals surface area contributed by atoms with E-state index < -0.39 is 12.1 Å². The van der Waals surface area contributed by atoms with Crippen LogP contribution in [0.1, 0.15) is 23.7 Å². The fourth-order valence-corrected chi connectivity index (χ4v) is 1.71. The van der Waals surface area contributed by atoms with Crippen LogP contribution in [0.5, 0.6) is 0 Å². The van der Waals surface area contributed by atoms with Crippen LogP contribution in [0, 0.1) is 0 Å². The van der Waals surface area contributed by atoms with E-state index in [1.54, 1.807) is 25.1 Å². The lowest BCUT2D eigenvalue weighted by molar-refractivity contribution is -0.126. The van der Waals surface area contributed by atoms with Gasteiger partial charge in [-0.2, -0.15) is 0 Å². The molecule has 114 valence electrons. The van der Waals surface area contributed by atoms with Gasteiger partial charge in [0, 0.05) is 5.02 Å². The van der Waals surface area contributed by atoms with Gasteiger partial charge < -0.3 is 14.8 Å². The zero-order valence-electron chi connectivity index (χ0n) is 12.0. The number of benzene rings is 1. The number of esters is 1. The van der Waals surface area contributed by atoms with E-state index in [0.717, 1.165) is 0 Å². The van der Waals surface area contributed by atoms with Gasteiger partial charge in [0.1, 0.15) is 6.10 Å². The van der Waals surface area contributed by atoms with Crippen molar-refractivity contribution >= 4 is 29.2 Å². The summed E-state index contributed by atoms with van der Waals surface area (Å²) >= 11 is 5.85. The van der Waals surface area contributed by atoms with Gasteiger partial charge in [0.05, 0.1) is 25.0 Å². The molecule has 1 amide bonds. The summed E-state index contributed by atoms with van der Waals surface area (Å²) in [6.45, 7) is 5.61. The van der Waals surface area contributed by atoms with E-state index in [0.29, 0.717) is 23.7 Å². The number of ether oxygens (including phenoxy) is 2. The smallest absolute Gasteiger partial charge is 0.340 e. The molecule has 5 nitrogen and oxygen atoms in total. The van der Waals surface area contributed by atoms with E-state index in [-0.39, 0.29) is 11.5 Å². The summed E-state index contributed by atoms with van der Waals surface area (Å²) in [5.41, 5.74) is 0.520. The van der Waals surface area contributed by atoms with Gasteiger partial charge in [-0.15, -0.1) is 6.58 Å². The summed E-state index contributed by atoms with van der Waals surface area (Å²) < 4.78 is 10.0. The summed E-state index contributed by atoms with van der Waals surface area (Å²) in [5, 5.41) is 3.01. The number of nitrogens with one attached hydrogen (secondary N) is 1. The van der Waals surface area contributed by atoms with Crippen molar-refractivity contribution in [3.05, 3.63) is 41.4 Å². The van der Waals surface area contributed by atoms with Crippen molar-refractivity contribution in [2.24, 2.45) is 0 Å². The highest BCUT2D eigenvalue weighted by molar-refractivity contribution is 6.31. The molecule has 1 aromatic carbocycles. The van der Waals surface area contributed by atoms with Crippen molar-refractivity contribution in [3.8, 4) is 0 Å². The molecule has 0 saturated heterocycles. The summed E-state index contributed by atoms with van der Waals surface area (Å²) in [4.78, 5) is 23.7. The SMILES string of the molecule is C=CCCOC(C)C(=O)Nc1ccc(Cl)cc1C(=O)OC. The maximum Gasteiger partial charge on any atom is 0.340 e. The van der Waals surface area contributed by atoms with Gasteiger partial charge in [0.2, 0.25) is 0 Å². The van der Waals surface area contributed by atoms with Crippen molar-refractivity contribution in [1.29, 1.82) is 0 Å². The predicted octanol–water partition coefficient (Wildman–Crippen LogP) is 3.05. The Kier molecular flexibility index (Phi) is 6.91. The average molecular weight is 312 g/mol. The topological polar surface area (TPSA) is 64.6 Å². The van der Waals surface area contributed by atoms with Crippen molar-refractivity contribution in [3.63, 3.8) is 0 Å². The zero-order valence-corrected chi connectivity index (χ0v) is 12.8. The van der Waals surface area contributed by atoms with Crippen molar-refractivity contribution < 1.29 is 19.1 Å². The second-order valence-electron chi connectivity index (χ2n) is 4.26. The van der Waals surface area contributed by atoms with Gasteiger partial charge in [-0.1, -0.05) is 17.7 Å². The second-order valence-corrected chi connectivity index (χ2v) is 4.70. The number of rotatable bonds is 7. The highest BCUT2D eigenvalue weighted by Crippen LogP contribution is 2.22. The second kappa shape index (κ2) is 8.44. The van der Waals surface area contributed by atoms with Crippen molar-refractivity contribution in [2.45, 2.75) is 19.4 Å². The Morgan fingerprint density at radius 3 is 2.81 bits per heavy atom. The molecule has 1 N–H and O–H groups in total. The Labute approximate surface area is 128 Å². The fourth-order valence-electron chi connectivity index (χ4n) is 1.54. The lowest BCUT2D eigenvalue weighted by Crippen LogP contribution is -2.28. The predicted molar refractivity (Wildman–Crippen MR) is 81.6 cm³/mol. The lowest BCUT2D eigenvalue weighted by atomic mass is 10.1. The molecule has 1 atom stereocenters. The maximum atomic E-state index is 12.0. The molecule has 0 aromatic heterocycles. The van der Waals surface area contributed by atoms with Crippen LogP contribution >= 0.6 is 11.6 Å². The van der Waals surface area contributed by atoms with E-state index in [9.17, 15) is 9.59 Å². The lowest BCUT2D eigenvalue weighted by Gasteiger charge is -2.14. The largest absolute Gasteiger partial charge is 0.465 e. The van der Waals surface area contributed by atoms with E-state index in [1.165, 1.54) is 13.2 Å². The van der Waals surface area contributed by atoms with Crippen LogP contribution in [-0.2, 0) is 14.3 Å². The minimum absolute atomic E-state index is 0.191. The molecule has 1 rings (SSSR count). The first-order valence-corrected chi connectivity index (χ1v) is 6.78. The number of carbonyl (C=O) groups is 2. The van der Waals surface area contributed by atoms with Crippen LogP contribution in [0.3, 0.4) is 0 Å². The Hall–Kier alpha value is -1.85. The molecule has 0 spiro atoms. The van der Waals surface area contributed by atoms with Gasteiger partial charge >= 0.3 is 5.97 Å². The molecule has 21 heavy (non-hydrogen) atoms. The number of carbonyl (C=O) groups excluding carboxylic acids is 2. The molecule has 0 aliphatic rings. The molecule has 0 heterocycles. The first-order chi connectivity index (χ1) is 9.99. The minimum Gasteiger partial charge on any atom is -0.465 e. The number of halogens is 1. The van der Waals surface area contributed by atoms with Gasteiger partial charge in [0.25, 0.3) is 5.91 Å². The number of hydrogen-bond donors (Lipinski definition) is 1. The van der Waals surface area contributed by atoms with Crippen LogP contribution in [0.2, 0.25) is 5.02 Å². The van der Waals surface area contributed by atoms with Crippen LogP contribution in [-0.4, -0.2) is 31.7 Å². The van der Waals surface area contributed by atoms with Crippen LogP contribution in [0.25, 0.3) is 0 Å². The van der Waals surface area contributed by atoms with Gasteiger partial charge in [-0.25, -0.2) is 4.79 Å². The molecule has 0 bridgehead atoms. The Morgan fingerprint density at radius 2 is 2.19 bits per heavy atom. The first-order valence-electron chi connectivity index (χ1n) is 6.40. The molecule has 0 saturated carbocycles. The van der Waals surface area contributed by atoms with E-state index in [1.807, 2.05) is 0 Å². The van der Waals surface area contributed by atoms with Crippen molar-refractivity contribution in [2.75, 3.05) is 19.0 Å². The number of methoxy groups -OCH3 is 1.